The molecule has 0 fully saturated rings. The second kappa shape index (κ2) is 5.95. The van der Waals surface area contributed by atoms with E-state index in [2.05, 4.69) is 24.1 Å². The predicted octanol–water partition coefficient (Wildman–Crippen LogP) is 5.25. The third kappa shape index (κ3) is 3.40. The number of azo groups is 1. The Balaban J connectivity index is 2.42. The monoisotopic (exact) mass is 284 g/mol. The van der Waals surface area contributed by atoms with E-state index < -0.39 is 0 Å². The highest BCUT2D eigenvalue weighted by molar-refractivity contribution is 5.55. The van der Waals surface area contributed by atoms with E-state index in [1.807, 2.05) is 19.9 Å². The zero-order valence-electron chi connectivity index (χ0n) is 12.8. The molecule has 110 valence electrons. The van der Waals surface area contributed by atoms with Crippen LogP contribution in [-0.2, 0) is 0 Å². The SMILES string of the molecule is Cc1cc(/N=N/c2ccc(O)cc2C)c(C(C)C)cc1O. The molecule has 0 aliphatic heterocycles. The highest BCUT2D eigenvalue weighted by Crippen LogP contribution is 2.34. The minimum atomic E-state index is 0.217. The van der Waals surface area contributed by atoms with Crippen LogP contribution in [0.25, 0.3) is 0 Å². The Kier molecular flexibility index (Phi) is 4.26. The summed E-state index contributed by atoms with van der Waals surface area (Å²) in [6.45, 7) is 7.81. The first-order valence-electron chi connectivity index (χ1n) is 6.93. The van der Waals surface area contributed by atoms with Crippen LogP contribution < -0.4 is 0 Å². The van der Waals surface area contributed by atoms with Gasteiger partial charge in [-0.05, 0) is 66.8 Å². The molecule has 0 heterocycles. The van der Waals surface area contributed by atoms with Crippen LogP contribution in [0, 0.1) is 13.8 Å². The van der Waals surface area contributed by atoms with E-state index >= 15 is 0 Å². The standard InChI is InChI=1S/C17H20N2O2/c1-10(2)14-9-17(21)12(4)8-16(14)19-18-15-6-5-13(20)7-11(15)3/h5-10,20-21H,1-4H3/b19-18+. The molecule has 0 saturated carbocycles. The number of phenols is 2. The number of benzene rings is 2. The molecule has 0 radical (unpaired) electrons. The molecule has 0 aromatic heterocycles. The second-order valence-corrected chi connectivity index (χ2v) is 5.52. The van der Waals surface area contributed by atoms with E-state index in [0.717, 1.165) is 22.4 Å². The van der Waals surface area contributed by atoms with Crippen LogP contribution in [0.3, 0.4) is 0 Å². The van der Waals surface area contributed by atoms with Gasteiger partial charge in [-0.15, -0.1) is 0 Å². The van der Waals surface area contributed by atoms with Gasteiger partial charge in [0.15, 0.2) is 0 Å². The molecule has 0 aliphatic carbocycles. The first kappa shape index (κ1) is 15.0. The Morgan fingerprint density at radius 2 is 1.52 bits per heavy atom. The van der Waals surface area contributed by atoms with Crippen molar-refractivity contribution in [1.29, 1.82) is 0 Å². The van der Waals surface area contributed by atoms with Gasteiger partial charge in [0.25, 0.3) is 0 Å². The summed E-state index contributed by atoms with van der Waals surface area (Å²) in [6, 6.07) is 8.56. The number of phenolic OH excluding ortho intramolecular Hbond substituents is 2. The fourth-order valence-corrected chi connectivity index (χ4v) is 2.11. The molecule has 4 nitrogen and oxygen atoms in total. The van der Waals surface area contributed by atoms with E-state index in [9.17, 15) is 10.2 Å². The maximum absolute atomic E-state index is 9.83. The lowest BCUT2D eigenvalue weighted by molar-refractivity contribution is 0.470. The van der Waals surface area contributed by atoms with Gasteiger partial charge < -0.3 is 10.2 Å². The van der Waals surface area contributed by atoms with Gasteiger partial charge in [-0.25, -0.2) is 0 Å². The lowest BCUT2D eigenvalue weighted by Crippen LogP contribution is -1.89. The van der Waals surface area contributed by atoms with Crippen molar-refractivity contribution in [3.8, 4) is 11.5 Å². The van der Waals surface area contributed by atoms with E-state index in [1.165, 1.54) is 0 Å². The summed E-state index contributed by atoms with van der Waals surface area (Å²) in [6.07, 6.45) is 0. The lowest BCUT2D eigenvalue weighted by Gasteiger charge is -2.11. The van der Waals surface area contributed by atoms with Gasteiger partial charge in [-0.1, -0.05) is 13.8 Å². The first-order chi connectivity index (χ1) is 9.88. The Bertz CT molecular complexity index is 691. The van der Waals surface area contributed by atoms with Crippen LogP contribution >= 0.6 is 0 Å². The second-order valence-electron chi connectivity index (χ2n) is 5.52. The molecular weight excluding hydrogens is 264 g/mol. The first-order valence-corrected chi connectivity index (χ1v) is 6.93. The van der Waals surface area contributed by atoms with Gasteiger partial charge >= 0.3 is 0 Å². The summed E-state index contributed by atoms with van der Waals surface area (Å²) in [5, 5.41) is 27.8. The largest absolute Gasteiger partial charge is 0.508 e. The maximum Gasteiger partial charge on any atom is 0.118 e. The third-order valence-electron chi connectivity index (χ3n) is 3.41. The van der Waals surface area contributed by atoms with E-state index in [1.54, 1.807) is 24.3 Å². The topological polar surface area (TPSA) is 65.2 Å². The zero-order valence-corrected chi connectivity index (χ0v) is 12.8. The molecule has 0 aliphatic rings. The van der Waals surface area contributed by atoms with E-state index in [4.69, 9.17) is 0 Å². The van der Waals surface area contributed by atoms with Crippen molar-refractivity contribution < 1.29 is 10.2 Å². The zero-order chi connectivity index (χ0) is 15.6. The van der Waals surface area contributed by atoms with Gasteiger partial charge in [0.1, 0.15) is 11.5 Å². The molecule has 0 saturated heterocycles. The molecule has 0 spiro atoms. The van der Waals surface area contributed by atoms with Crippen molar-refractivity contribution in [2.75, 3.05) is 0 Å². The van der Waals surface area contributed by atoms with Gasteiger partial charge in [-0.2, -0.15) is 10.2 Å². The molecule has 2 rings (SSSR count). The number of hydrogen-bond donors (Lipinski definition) is 2. The third-order valence-corrected chi connectivity index (χ3v) is 3.41. The summed E-state index contributed by atoms with van der Waals surface area (Å²) in [4.78, 5) is 0. The number of aryl methyl sites for hydroxylation is 2. The summed E-state index contributed by atoms with van der Waals surface area (Å²) < 4.78 is 0. The number of rotatable bonds is 3. The van der Waals surface area contributed by atoms with Gasteiger partial charge in [-0.3, -0.25) is 0 Å². The average Bonchev–Trinajstić information content (AvgIpc) is 2.41. The minimum absolute atomic E-state index is 0.217. The molecule has 2 aromatic carbocycles. The predicted molar refractivity (Wildman–Crippen MR) is 84.0 cm³/mol. The smallest absolute Gasteiger partial charge is 0.118 e. The molecule has 0 bridgehead atoms. The molecule has 21 heavy (non-hydrogen) atoms. The number of nitrogens with zero attached hydrogens (tertiary/aromatic N) is 2. The number of aromatic hydroxyl groups is 2. The molecule has 0 atom stereocenters. The minimum Gasteiger partial charge on any atom is -0.508 e. The van der Waals surface area contributed by atoms with Crippen molar-refractivity contribution in [1.82, 2.24) is 0 Å². The number of hydrogen-bond acceptors (Lipinski definition) is 4. The van der Waals surface area contributed by atoms with Crippen molar-refractivity contribution >= 4 is 11.4 Å². The molecule has 2 aromatic rings. The van der Waals surface area contributed by atoms with Crippen molar-refractivity contribution in [2.45, 2.75) is 33.6 Å². The normalized spacial score (nSPS) is 11.5. The molecule has 0 amide bonds. The van der Waals surface area contributed by atoms with Crippen LogP contribution in [-0.4, -0.2) is 10.2 Å². The molecule has 2 N–H and O–H groups in total. The van der Waals surface area contributed by atoms with E-state index in [-0.39, 0.29) is 17.4 Å². The van der Waals surface area contributed by atoms with Crippen molar-refractivity contribution in [3.05, 3.63) is 47.0 Å². The van der Waals surface area contributed by atoms with Gasteiger partial charge in [0.2, 0.25) is 0 Å². The molecular formula is C17H20N2O2. The molecule has 0 unspecified atom stereocenters. The Morgan fingerprint density at radius 1 is 0.857 bits per heavy atom. The highest BCUT2D eigenvalue weighted by atomic mass is 16.3. The van der Waals surface area contributed by atoms with Crippen LogP contribution in [0.5, 0.6) is 11.5 Å². The van der Waals surface area contributed by atoms with Crippen LogP contribution in [0.15, 0.2) is 40.6 Å². The van der Waals surface area contributed by atoms with Crippen molar-refractivity contribution in [2.24, 2.45) is 10.2 Å². The summed E-state index contributed by atoms with van der Waals surface area (Å²) in [7, 11) is 0. The summed E-state index contributed by atoms with van der Waals surface area (Å²) >= 11 is 0. The van der Waals surface area contributed by atoms with Crippen LogP contribution in [0.2, 0.25) is 0 Å². The Hall–Kier alpha value is -2.36. The summed E-state index contributed by atoms with van der Waals surface area (Å²) in [5.41, 5.74) is 4.07. The fraction of sp³-hybridized carbons (Fsp3) is 0.294. The lowest BCUT2D eigenvalue weighted by atomic mass is 9.99. The van der Waals surface area contributed by atoms with Gasteiger partial charge in [0, 0.05) is 0 Å². The fourth-order valence-electron chi connectivity index (χ4n) is 2.11. The highest BCUT2D eigenvalue weighted by Gasteiger charge is 2.10. The van der Waals surface area contributed by atoms with Crippen LogP contribution in [0.1, 0.15) is 36.5 Å². The van der Waals surface area contributed by atoms with Crippen LogP contribution in [0.4, 0.5) is 11.4 Å². The summed E-state index contributed by atoms with van der Waals surface area (Å²) in [5.74, 6) is 0.736. The average molecular weight is 284 g/mol. The van der Waals surface area contributed by atoms with E-state index in [0.29, 0.717) is 5.69 Å². The maximum atomic E-state index is 9.83. The Morgan fingerprint density at radius 3 is 2.14 bits per heavy atom. The Labute approximate surface area is 124 Å². The quantitative estimate of drug-likeness (QED) is 0.755. The van der Waals surface area contributed by atoms with Crippen molar-refractivity contribution in [3.63, 3.8) is 0 Å². The van der Waals surface area contributed by atoms with Gasteiger partial charge in [0.05, 0.1) is 11.4 Å². The molecule has 4 heteroatoms.